The first-order valence-electron chi connectivity index (χ1n) is 6.14. The number of H-pyrrole nitrogens is 1. The molecule has 0 unspecified atom stereocenters. The van der Waals surface area contributed by atoms with Crippen LogP contribution in [0, 0.1) is 0 Å². The summed E-state index contributed by atoms with van der Waals surface area (Å²) in [6.45, 7) is 0. The first-order valence-corrected chi connectivity index (χ1v) is 9.76. The molecule has 0 saturated heterocycles. The molecule has 2 heterocycles. The molecule has 1 aromatic carbocycles. The van der Waals surface area contributed by atoms with E-state index in [2.05, 4.69) is 52.5 Å². The zero-order valence-electron chi connectivity index (χ0n) is 11.3. The molecule has 112 valence electrons. The van der Waals surface area contributed by atoms with Crippen LogP contribution in [-0.2, 0) is 10.0 Å². The van der Waals surface area contributed by atoms with Gasteiger partial charge in [0.2, 0.25) is 0 Å². The number of rotatable bonds is 3. The standard InChI is InChI=1S/C13H10AsBrN4O2S/c1-22(20,21)19-10-3-7(2-8(14)4-10)12-17-11-5-9(15)6-16-13(11)18-12/h2-6,19H,1H3,(H,16,17,18). The maximum absolute atomic E-state index is 11.4. The van der Waals surface area contributed by atoms with Crippen molar-refractivity contribution in [2.45, 2.75) is 0 Å². The van der Waals surface area contributed by atoms with Crippen molar-refractivity contribution in [1.82, 2.24) is 15.0 Å². The summed E-state index contributed by atoms with van der Waals surface area (Å²) in [6, 6.07) is 7.26. The molecule has 0 aliphatic heterocycles. The van der Waals surface area contributed by atoms with Gasteiger partial charge in [-0.25, -0.2) is 0 Å². The van der Waals surface area contributed by atoms with Gasteiger partial charge in [-0.05, 0) is 0 Å². The van der Waals surface area contributed by atoms with Crippen molar-refractivity contribution >= 4 is 64.0 Å². The third-order valence-electron chi connectivity index (χ3n) is 2.80. The first-order chi connectivity index (χ1) is 10.3. The molecule has 0 atom stereocenters. The number of fused-ring (bicyclic) bond motifs is 1. The fourth-order valence-corrected chi connectivity index (χ4v) is 3.49. The average molecular weight is 441 g/mol. The monoisotopic (exact) mass is 440 g/mol. The van der Waals surface area contributed by atoms with Gasteiger partial charge in [-0.3, -0.25) is 0 Å². The number of anilines is 1. The van der Waals surface area contributed by atoms with Crippen LogP contribution in [-0.4, -0.2) is 46.5 Å². The SMILES string of the molecule is CS(=O)(=O)Nc1cc([As])cc(-c2nc3ncc(Br)cc3[nH]2)c1. The first kappa shape index (κ1) is 15.5. The maximum atomic E-state index is 11.4. The Bertz CT molecular complexity index is 971. The predicted octanol–water partition coefficient (Wildman–Crippen LogP) is 1.55. The molecule has 0 saturated carbocycles. The van der Waals surface area contributed by atoms with Crippen molar-refractivity contribution in [3.05, 3.63) is 34.9 Å². The van der Waals surface area contributed by atoms with E-state index in [1.807, 2.05) is 12.1 Å². The molecule has 3 rings (SSSR count). The summed E-state index contributed by atoms with van der Waals surface area (Å²) in [6.07, 6.45) is 2.79. The van der Waals surface area contributed by atoms with Crippen LogP contribution in [0.25, 0.3) is 22.6 Å². The predicted molar refractivity (Wildman–Crippen MR) is 90.9 cm³/mol. The second kappa shape index (κ2) is 5.68. The number of pyridine rings is 1. The fourth-order valence-electron chi connectivity index (χ4n) is 2.03. The van der Waals surface area contributed by atoms with Gasteiger partial charge in [0.25, 0.3) is 0 Å². The minimum atomic E-state index is -3.33. The molecule has 2 radical (unpaired) electrons. The number of benzene rings is 1. The van der Waals surface area contributed by atoms with Crippen molar-refractivity contribution in [1.29, 1.82) is 0 Å². The number of sulfonamides is 1. The molecule has 9 heteroatoms. The minimum absolute atomic E-state index is 0.491. The number of hydrogen-bond donors (Lipinski definition) is 2. The topological polar surface area (TPSA) is 87.7 Å². The summed E-state index contributed by atoms with van der Waals surface area (Å²) < 4.78 is 27.0. The Morgan fingerprint density at radius 3 is 2.77 bits per heavy atom. The van der Waals surface area contributed by atoms with Crippen LogP contribution in [0.2, 0.25) is 0 Å². The van der Waals surface area contributed by atoms with Gasteiger partial charge in [-0.2, -0.15) is 0 Å². The van der Waals surface area contributed by atoms with Crippen LogP contribution in [0.3, 0.4) is 0 Å². The van der Waals surface area contributed by atoms with E-state index in [9.17, 15) is 8.42 Å². The van der Waals surface area contributed by atoms with Gasteiger partial charge in [0.15, 0.2) is 0 Å². The second-order valence-corrected chi connectivity index (χ2v) is 8.50. The van der Waals surface area contributed by atoms with Gasteiger partial charge < -0.3 is 0 Å². The third-order valence-corrected chi connectivity index (χ3v) is 4.38. The van der Waals surface area contributed by atoms with E-state index in [0.29, 0.717) is 17.2 Å². The van der Waals surface area contributed by atoms with Crippen LogP contribution >= 0.6 is 15.9 Å². The molecule has 0 spiro atoms. The Balaban J connectivity index is 2.09. The van der Waals surface area contributed by atoms with Gasteiger partial charge in [0.05, 0.1) is 0 Å². The van der Waals surface area contributed by atoms with Crippen LogP contribution in [0.1, 0.15) is 0 Å². The molecule has 2 N–H and O–H groups in total. The normalized spacial score (nSPS) is 11.8. The van der Waals surface area contributed by atoms with E-state index in [0.717, 1.165) is 26.2 Å². The molecule has 0 amide bonds. The summed E-state index contributed by atoms with van der Waals surface area (Å²) in [4.78, 5) is 11.8. The van der Waals surface area contributed by atoms with Crippen LogP contribution in [0.4, 0.5) is 5.69 Å². The Hall–Kier alpha value is -1.37. The molecule has 0 fully saturated rings. The van der Waals surface area contributed by atoms with Gasteiger partial charge in [-0.1, -0.05) is 0 Å². The summed E-state index contributed by atoms with van der Waals surface area (Å²) in [7, 11) is -3.33. The molecule has 0 aliphatic rings. The Morgan fingerprint density at radius 2 is 2.05 bits per heavy atom. The van der Waals surface area contributed by atoms with E-state index in [1.165, 1.54) is 0 Å². The molecule has 0 aliphatic carbocycles. The van der Waals surface area contributed by atoms with Crippen molar-refractivity contribution < 1.29 is 8.42 Å². The van der Waals surface area contributed by atoms with Crippen LogP contribution in [0.15, 0.2) is 34.9 Å². The molecule has 0 bridgehead atoms. The van der Waals surface area contributed by atoms with Crippen molar-refractivity contribution in [2.75, 3.05) is 11.0 Å². The van der Waals surface area contributed by atoms with Gasteiger partial charge >= 0.3 is 145 Å². The number of nitrogens with zero attached hydrogens (tertiary/aromatic N) is 2. The van der Waals surface area contributed by atoms with E-state index >= 15 is 0 Å². The van der Waals surface area contributed by atoms with E-state index in [4.69, 9.17) is 0 Å². The summed E-state index contributed by atoms with van der Waals surface area (Å²) in [5, 5.41) is 0. The molecule has 22 heavy (non-hydrogen) atoms. The second-order valence-electron chi connectivity index (χ2n) is 4.75. The van der Waals surface area contributed by atoms with Gasteiger partial charge in [0.1, 0.15) is 0 Å². The number of halogens is 1. The number of nitrogens with one attached hydrogen (secondary N) is 2. The summed E-state index contributed by atoms with van der Waals surface area (Å²) >= 11 is 5.75. The molecule has 3 aromatic rings. The van der Waals surface area contributed by atoms with Crippen LogP contribution < -0.4 is 9.07 Å². The van der Waals surface area contributed by atoms with Gasteiger partial charge in [-0.15, -0.1) is 0 Å². The van der Waals surface area contributed by atoms with Crippen molar-refractivity contribution in [2.24, 2.45) is 0 Å². The zero-order chi connectivity index (χ0) is 15.9. The van der Waals surface area contributed by atoms with E-state index in [-0.39, 0.29) is 0 Å². The van der Waals surface area contributed by atoms with E-state index in [1.54, 1.807) is 18.3 Å². The van der Waals surface area contributed by atoms with Crippen molar-refractivity contribution in [3.8, 4) is 11.4 Å². The zero-order valence-corrected chi connectivity index (χ0v) is 15.6. The average Bonchev–Trinajstić information content (AvgIpc) is 2.78. The quantitative estimate of drug-likeness (QED) is 0.605. The number of aromatic amines is 1. The van der Waals surface area contributed by atoms with Crippen LogP contribution in [0.5, 0.6) is 0 Å². The van der Waals surface area contributed by atoms with E-state index < -0.39 is 10.0 Å². The summed E-state index contributed by atoms with van der Waals surface area (Å²) in [5.74, 6) is 0.630. The van der Waals surface area contributed by atoms with Gasteiger partial charge in [0, 0.05) is 0 Å². The molecular formula is C13H10AsBrN4O2S. The molecular weight excluding hydrogens is 431 g/mol. The Morgan fingerprint density at radius 1 is 1.27 bits per heavy atom. The Labute approximate surface area is 144 Å². The number of aromatic nitrogens is 3. The third kappa shape index (κ3) is 3.51. The number of imidazole rings is 1. The Kier molecular flexibility index (Phi) is 4.01. The summed E-state index contributed by atoms with van der Waals surface area (Å²) in [5.41, 5.74) is 2.67. The number of hydrogen-bond acceptors (Lipinski definition) is 4. The fraction of sp³-hybridized carbons (Fsp3) is 0.0769. The molecule has 2 aromatic heterocycles. The van der Waals surface area contributed by atoms with Crippen molar-refractivity contribution in [3.63, 3.8) is 0 Å². The molecule has 6 nitrogen and oxygen atoms in total.